The molecule has 2 N–H and O–H groups in total. The van der Waals surface area contributed by atoms with Crippen molar-refractivity contribution in [3.63, 3.8) is 0 Å². The number of hydrogen-bond acceptors (Lipinski definition) is 3. The monoisotopic (exact) mass is 290 g/mol. The molecule has 0 unspecified atom stereocenters. The molecule has 0 amide bonds. The molecule has 0 fully saturated rings. The number of pyridine rings is 1. The Morgan fingerprint density at radius 1 is 0.818 bits per heavy atom. The summed E-state index contributed by atoms with van der Waals surface area (Å²) in [5.41, 5.74) is 2.82. The molecule has 0 aliphatic rings. The molecule has 2 aromatic heterocycles. The van der Waals surface area contributed by atoms with Gasteiger partial charge in [-0.15, -0.1) is 0 Å². The van der Waals surface area contributed by atoms with Gasteiger partial charge in [-0.3, -0.25) is 4.57 Å². The Bertz CT molecular complexity index is 959. The molecule has 0 saturated carbocycles. The smallest absolute Gasteiger partial charge is 0.137 e. The molecule has 2 aromatic carbocycles. The van der Waals surface area contributed by atoms with Gasteiger partial charge in [-0.2, -0.15) is 0 Å². The second kappa shape index (κ2) is 4.49. The highest BCUT2D eigenvalue weighted by Crippen LogP contribution is 2.35. The van der Waals surface area contributed by atoms with Crippen molar-refractivity contribution in [2.24, 2.45) is 0 Å². The van der Waals surface area contributed by atoms with Gasteiger partial charge in [0, 0.05) is 16.5 Å². The van der Waals surface area contributed by atoms with Gasteiger partial charge in [0.2, 0.25) is 0 Å². The number of rotatable bonds is 1. The lowest BCUT2D eigenvalue weighted by Gasteiger charge is -2.07. The summed E-state index contributed by atoms with van der Waals surface area (Å²) in [6, 6.07) is 16.3. The molecule has 0 aliphatic heterocycles. The summed E-state index contributed by atoms with van der Waals surface area (Å²) in [6.45, 7) is 1.95. The predicted octanol–water partition coefficient (Wildman–Crippen LogP) is 3.90. The van der Waals surface area contributed by atoms with Crippen LogP contribution in [0, 0.1) is 6.92 Å². The van der Waals surface area contributed by atoms with Crippen LogP contribution >= 0.6 is 0 Å². The number of aromatic nitrogens is 2. The molecular formula is C18H14N2O2. The zero-order chi connectivity index (χ0) is 15.3. The van der Waals surface area contributed by atoms with Crippen molar-refractivity contribution >= 4 is 21.8 Å². The molecule has 22 heavy (non-hydrogen) atoms. The first kappa shape index (κ1) is 12.7. The van der Waals surface area contributed by atoms with E-state index in [2.05, 4.69) is 4.98 Å². The van der Waals surface area contributed by atoms with Gasteiger partial charge in [0.15, 0.2) is 0 Å². The maximum absolute atomic E-state index is 9.80. The van der Waals surface area contributed by atoms with Crippen LogP contribution < -0.4 is 0 Å². The zero-order valence-electron chi connectivity index (χ0n) is 12.0. The maximum atomic E-state index is 9.80. The van der Waals surface area contributed by atoms with E-state index in [-0.39, 0.29) is 11.5 Å². The van der Waals surface area contributed by atoms with Crippen LogP contribution in [0.2, 0.25) is 0 Å². The van der Waals surface area contributed by atoms with E-state index in [1.54, 1.807) is 24.3 Å². The number of aromatic hydroxyl groups is 2. The van der Waals surface area contributed by atoms with Crippen LogP contribution in [-0.4, -0.2) is 19.8 Å². The number of nitrogens with zero attached hydrogens (tertiary/aromatic N) is 2. The number of phenolic OH excluding ortho intramolecular Hbond substituents is 2. The van der Waals surface area contributed by atoms with Gasteiger partial charge >= 0.3 is 0 Å². The van der Waals surface area contributed by atoms with E-state index < -0.39 is 0 Å². The molecule has 0 aliphatic carbocycles. The minimum Gasteiger partial charge on any atom is -0.508 e. The Morgan fingerprint density at radius 3 is 1.95 bits per heavy atom. The van der Waals surface area contributed by atoms with E-state index in [0.717, 1.165) is 33.3 Å². The molecule has 0 spiro atoms. The highest BCUT2D eigenvalue weighted by Gasteiger charge is 2.14. The van der Waals surface area contributed by atoms with Crippen molar-refractivity contribution in [1.29, 1.82) is 0 Å². The average Bonchev–Trinajstić information content (AvgIpc) is 2.80. The molecular weight excluding hydrogens is 276 g/mol. The molecule has 2 heterocycles. The minimum atomic E-state index is 0.201. The first-order valence-electron chi connectivity index (χ1n) is 7.04. The Morgan fingerprint density at radius 2 is 1.41 bits per heavy atom. The molecule has 108 valence electrons. The Kier molecular flexibility index (Phi) is 2.60. The molecule has 4 heteroatoms. The standard InChI is InChI=1S/C18H14N2O2/c1-11-3-2-4-18(19-11)20-16-7-5-12(21)9-14(16)15-10-13(22)6-8-17(15)20/h2-10,21-22H,1H3. The fourth-order valence-electron chi connectivity index (χ4n) is 2.90. The molecule has 0 saturated heterocycles. The second-order valence-electron chi connectivity index (χ2n) is 5.38. The maximum Gasteiger partial charge on any atom is 0.137 e. The Balaban J connectivity index is 2.20. The number of benzene rings is 2. The van der Waals surface area contributed by atoms with Gasteiger partial charge in [-0.1, -0.05) is 6.07 Å². The average molecular weight is 290 g/mol. The van der Waals surface area contributed by atoms with Crippen molar-refractivity contribution in [3.05, 3.63) is 60.3 Å². The van der Waals surface area contributed by atoms with Crippen LogP contribution in [0.4, 0.5) is 0 Å². The molecule has 0 atom stereocenters. The lowest BCUT2D eigenvalue weighted by molar-refractivity contribution is 0.475. The third-order valence-corrected chi connectivity index (χ3v) is 3.83. The van der Waals surface area contributed by atoms with Gasteiger partial charge in [-0.25, -0.2) is 4.98 Å². The van der Waals surface area contributed by atoms with Crippen LogP contribution in [0.15, 0.2) is 54.6 Å². The van der Waals surface area contributed by atoms with Crippen LogP contribution in [0.3, 0.4) is 0 Å². The molecule has 0 bridgehead atoms. The minimum absolute atomic E-state index is 0.201. The largest absolute Gasteiger partial charge is 0.508 e. The first-order chi connectivity index (χ1) is 10.6. The lowest BCUT2D eigenvalue weighted by atomic mass is 10.1. The van der Waals surface area contributed by atoms with Gasteiger partial charge in [0.25, 0.3) is 0 Å². The summed E-state index contributed by atoms with van der Waals surface area (Å²) in [5, 5.41) is 21.4. The van der Waals surface area contributed by atoms with Gasteiger partial charge < -0.3 is 10.2 Å². The Labute approximate surface area is 126 Å². The van der Waals surface area contributed by atoms with Gasteiger partial charge in [0.1, 0.15) is 17.3 Å². The second-order valence-corrected chi connectivity index (χ2v) is 5.38. The summed E-state index contributed by atoms with van der Waals surface area (Å²) >= 11 is 0. The number of phenols is 2. The zero-order valence-corrected chi connectivity index (χ0v) is 12.0. The molecule has 4 aromatic rings. The number of aryl methyl sites for hydroxylation is 1. The van der Waals surface area contributed by atoms with Crippen molar-refractivity contribution in [2.45, 2.75) is 6.92 Å². The highest BCUT2D eigenvalue weighted by atomic mass is 16.3. The van der Waals surface area contributed by atoms with E-state index in [1.165, 1.54) is 0 Å². The van der Waals surface area contributed by atoms with E-state index in [9.17, 15) is 10.2 Å². The third-order valence-electron chi connectivity index (χ3n) is 3.83. The van der Waals surface area contributed by atoms with E-state index in [0.29, 0.717) is 0 Å². The summed E-state index contributed by atoms with van der Waals surface area (Å²) in [5.74, 6) is 1.22. The normalized spacial score (nSPS) is 11.3. The van der Waals surface area contributed by atoms with E-state index in [4.69, 9.17) is 0 Å². The fraction of sp³-hybridized carbons (Fsp3) is 0.0556. The number of hydrogen-bond donors (Lipinski definition) is 2. The summed E-state index contributed by atoms with van der Waals surface area (Å²) < 4.78 is 2.04. The topological polar surface area (TPSA) is 58.3 Å². The van der Waals surface area contributed by atoms with Gasteiger partial charge in [0.05, 0.1) is 11.0 Å². The summed E-state index contributed by atoms with van der Waals surface area (Å²) in [7, 11) is 0. The molecule has 0 radical (unpaired) electrons. The molecule has 4 nitrogen and oxygen atoms in total. The van der Waals surface area contributed by atoms with Crippen LogP contribution in [0.25, 0.3) is 27.6 Å². The first-order valence-corrected chi connectivity index (χ1v) is 7.04. The summed E-state index contributed by atoms with van der Waals surface area (Å²) in [4.78, 5) is 4.60. The van der Waals surface area contributed by atoms with Crippen molar-refractivity contribution < 1.29 is 10.2 Å². The third kappa shape index (κ3) is 1.81. The van der Waals surface area contributed by atoms with E-state index >= 15 is 0 Å². The molecule has 4 rings (SSSR count). The predicted molar refractivity (Wildman–Crippen MR) is 86.6 cm³/mol. The van der Waals surface area contributed by atoms with Gasteiger partial charge in [-0.05, 0) is 55.5 Å². The van der Waals surface area contributed by atoms with Crippen LogP contribution in [0.1, 0.15) is 5.69 Å². The highest BCUT2D eigenvalue weighted by molar-refractivity contribution is 6.10. The lowest BCUT2D eigenvalue weighted by Crippen LogP contribution is -1.97. The van der Waals surface area contributed by atoms with Crippen molar-refractivity contribution in [2.75, 3.05) is 0 Å². The summed E-state index contributed by atoms with van der Waals surface area (Å²) in [6.07, 6.45) is 0. The van der Waals surface area contributed by atoms with E-state index in [1.807, 2.05) is 41.8 Å². The Hall–Kier alpha value is -3.01. The van der Waals surface area contributed by atoms with Crippen LogP contribution in [-0.2, 0) is 0 Å². The SMILES string of the molecule is Cc1cccc(-n2c3ccc(O)cc3c3cc(O)ccc32)n1. The van der Waals surface area contributed by atoms with Crippen LogP contribution in [0.5, 0.6) is 11.5 Å². The van der Waals surface area contributed by atoms with Crippen molar-refractivity contribution in [1.82, 2.24) is 9.55 Å². The fourth-order valence-corrected chi connectivity index (χ4v) is 2.90. The quantitative estimate of drug-likeness (QED) is 0.559. The van der Waals surface area contributed by atoms with Crippen molar-refractivity contribution in [3.8, 4) is 17.3 Å². The number of fused-ring (bicyclic) bond motifs is 3.